The standard InChI is InChI=1S/C10H16N2O3.ClH/c11-10(4-2-1-3-5-10)7-12-8(13)6-15-9(12)14;/h1-7,11H2;1H. The Bertz CT molecular complexity index is 274. The van der Waals surface area contributed by atoms with E-state index in [-0.39, 0.29) is 24.9 Å². The molecule has 2 amide bonds. The first-order valence-corrected chi connectivity index (χ1v) is 5.37. The van der Waals surface area contributed by atoms with E-state index < -0.39 is 11.6 Å². The van der Waals surface area contributed by atoms with Crippen molar-refractivity contribution >= 4 is 24.4 Å². The van der Waals surface area contributed by atoms with E-state index in [1.54, 1.807) is 0 Å². The minimum Gasteiger partial charge on any atom is -0.439 e. The van der Waals surface area contributed by atoms with Gasteiger partial charge in [0, 0.05) is 5.54 Å². The lowest BCUT2D eigenvalue weighted by Gasteiger charge is -2.35. The number of cyclic esters (lactones) is 1. The van der Waals surface area contributed by atoms with Gasteiger partial charge in [-0.3, -0.25) is 4.79 Å². The first-order valence-electron chi connectivity index (χ1n) is 5.37. The van der Waals surface area contributed by atoms with Crippen LogP contribution in [0.5, 0.6) is 0 Å². The first kappa shape index (κ1) is 13.3. The van der Waals surface area contributed by atoms with E-state index in [1.807, 2.05) is 0 Å². The van der Waals surface area contributed by atoms with Gasteiger partial charge in [0.25, 0.3) is 5.91 Å². The summed E-state index contributed by atoms with van der Waals surface area (Å²) in [6, 6.07) is 0. The number of hydrogen-bond acceptors (Lipinski definition) is 4. The molecule has 1 heterocycles. The van der Waals surface area contributed by atoms with Crippen LogP contribution < -0.4 is 5.73 Å². The maximum atomic E-state index is 11.3. The molecule has 1 aliphatic carbocycles. The zero-order valence-electron chi connectivity index (χ0n) is 9.11. The van der Waals surface area contributed by atoms with Gasteiger partial charge in [-0.2, -0.15) is 0 Å². The molecule has 2 N–H and O–H groups in total. The highest BCUT2D eigenvalue weighted by molar-refractivity contribution is 5.97. The maximum absolute atomic E-state index is 11.3. The highest BCUT2D eigenvalue weighted by Crippen LogP contribution is 2.27. The van der Waals surface area contributed by atoms with E-state index in [2.05, 4.69) is 4.74 Å². The van der Waals surface area contributed by atoms with Gasteiger partial charge in [0.1, 0.15) is 0 Å². The first-order chi connectivity index (χ1) is 7.11. The lowest BCUT2D eigenvalue weighted by atomic mass is 9.82. The summed E-state index contributed by atoms with van der Waals surface area (Å²) in [4.78, 5) is 23.7. The van der Waals surface area contributed by atoms with Gasteiger partial charge in [0.2, 0.25) is 0 Å². The van der Waals surface area contributed by atoms with Crippen LogP contribution >= 0.6 is 12.4 Å². The van der Waals surface area contributed by atoms with Gasteiger partial charge in [-0.1, -0.05) is 19.3 Å². The third-order valence-electron chi connectivity index (χ3n) is 3.16. The van der Waals surface area contributed by atoms with Crippen LogP contribution in [0, 0.1) is 0 Å². The molecular weight excluding hydrogens is 232 g/mol. The Morgan fingerprint density at radius 1 is 1.25 bits per heavy atom. The van der Waals surface area contributed by atoms with Gasteiger partial charge in [0.15, 0.2) is 6.61 Å². The molecule has 2 aliphatic rings. The van der Waals surface area contributed by atoms with Crippen LogP contribution in [0.25, 0.3) is 0 Å². The number of imide groups is 1. The van der Waals surface area contributed by atoms with Crippen LogP contribution in [0.2, 0.25) is 0 Å². The molecule has 0 aromatic heterocycles. The van der Waals surface area contributed by atoms with Crippen LogP contribution in [0.4, 0.5) is 4.79 Å². The number of rotatable bonds is 2. The summed E-state index contributed by atoms with van der Waals surface area (Å²) in [5, 5.41) is 0. The Morgan fingerprint density at radius 2 is 1.88 bits per heavy atom. The molecule has 0 unspecified atom stereocenters. The van der Waals surface area contributed by atoms with Gasteiger partial charge < -0.3 is 10.5 Å². The average Bonchev–Trinajstić information content (AvgIpc) is 2.50. The van der Waals surface area contributed by atoms with Crippen LogP contribution in [-0.4, -0.2) is 35.6 Å². The zero-order valence-corrected chi connectivity index (χ0v) is 9.92. The summed E-state index contributed by atoms with van der Waals surface area (Å²) in [5.74, 6) is -0.268. The number of halogens is 1. The highest BCUT2D eigenvalue weighted by atomic mass is 35.5. The molecule has 0 aromatic carbocycles. The molecule has 0 radical (unpaired) electrons. The van der Waals surface area contributed by atoms with Crippen LogP contribution in [0.15, 0.2) is 0 Å². The second-order valence-electron chi connectivity index (χ2n) is 4.46. The predicted molar refractivity (Wildman–Crippen MR) is 60.3 cm³/mol. The van der Waals surface area contributed by atoms with E-state index in [4.69, 9.17) is 5.73 Å². The Kier molecular flexibility index (Phi) is 4.15. The number of nitrogens with two attached hydrogens (primary N) is 1. The summed E-state index contributed by atoms with van der Waals surface area (Å²) in [7, 11) is 0. The zero-order chi connectivity index (χ0) is 10.9. The fraction of sp³-hybridized carbons (Fsp3) is 0.800. The monoisotopic (exact) mass is 248 g/mol. The SMILES string of the molecule is Cl.NC1(CN2C(=O)COC2=O)CCCCC1. The fourth-order valence-electron chi connectivity index (χ4n) is 2.26. The van der Waals surface area contributed by atoms with E-state index in [0.29, 0.717) is 6.54 Å². The Labute approximate surface area is 101 Å². The van der Waals surface area contributed by atoms with E-state index in [9.17, 15) is 9.59 Å². The summed E-state index contributed by atoms with van der Waals surface area (Å²) in [6.45, 7) is 0.180. The molecule has 92 valence electrons. The van der Waals surface area contributed by atoms with Crippen molar-refractivity contribution in [3.8, 4) is 0 Å². The second kappa shape index (κ2) is 5.01. The lowest BCUT2D eigenvalue weighted by molar-refractivity contribution is -0.126. The topological polar surface area (TPSA) is 72.6 Å². The predicted octanol–water partition coefficient (Wildman–Crippen LogP) is 1.05. The van der Waals surface area contributed by atoms with Gasteiger partial charge >= 0.3 is 6.09 Å². The summed E-state index contributed by atoms with van der Waals surface area (Å²) >= 11 is 0. The number of carbonyl (C=O) groups excluding carboxylic acids is 2. The highest BCUT2D eigenvalue weighted by Gasteiger charge is 2.38. The molecule has 5 nitrogen and oxygen atoms in total. The van der Waals surface area contributed by atoms with Crippen molar-refractivity contribution in [2.45, 2.75) is 37.6 Å². The van der Waals surface area contributed by atoms with Crippen molar-refractivity contribution in [2.24, 2.45) is 5.73 Å². The quantitative estimate of drug-likeness (QED) is 0.793. The number of carbonyl (C=O) groups is 2. The van der Waals surface area contributed by atoms with Crippen LogP contribution in [-0.2, 0) is 9.53 Å². The Balaban J connectivity index is 0.00000128. The van der Waals surface area contributed by atoms with Crippen molar-refractivity contribution in [1.29, 1.82) is 0 Å². The van der Waals surface area contributed by atoms with E-state index >= 15 is 0 Å². The van der Waals surface area contributed by atoms with E-state index in [0.717, 1.165) is 30.6 Å². The number of nitrogens with zero attached hydrogens (tertiary/aromatic N) is 1. The molecule has 2 rings (SSSR count). The van der Waals surface area contributed by atoms with Gasteiger partial charge in [-0.05, 0) is 12.8 Å². The Morgan fingerprint density at radius 3 is 2.38 bits per heavy atom. The van der Waals surface area contributed by atoms with Crippen LogP contribution in [0.3, 0.4) is 0 Å². The van der Waals surface area contributed by atoms with Gasteiger partial charge in [-0.15, -0.1) is 12.4 Å². The molecule has 0 spiro atoms. The van der Waals surface area contributed by atoms with Crippen molar-refractivity contribution in [1.82, 2.24) is 4.90 Å². The molecular formula is C10H17ClN2O3. The van der Waals surface area contributed by atoms with E-state index in [1.165, 1.54) is 6.42 Å². The minimum absolute atomic E-state index is 0. The fourth-order valence-corrected chi connectivity index (χ4v) is 2.26. The van der Waals surface area contributed by atoms with Crippen molar-refractivity contribution in [3.63, 3.8) is 0 Å². The molecule has 0 bridgehead atoms. The second-order valence-corrected chi connectivity index (χ2v) is 4.46. The number of hydrogen-bond donors (Lipinski definition) is 1. The third-order valence-corrected chi connectivity index (χ3v) is 3.16. The third kappa shape index (κ3) is 2.65. The molecule has 0 aromatic rings. The summed E-state index contributed by atoms with van der Waals surface area (Å²) in [5.41, 5.74) is 5.77. The lowest BCUT2D eigenvalue weighted by Crippen LogP contribution is -2.52. The molecule has 6 heteroatoms. The average molecular weight is 249 g/mol. The normalized spacial score (nSPS) is 23.9. The van der Waals surface area contributed by atoms with Crippen molar-refractivity contribution < 1.29 is 14.3 Å². The molecule has 1 saturated carbocycles. The van der Waals surface area contributed by atoms with Crippen LogP contribution in [0.1, 0.15) is 32.1 Å². The number of amides is 2. The number of ether oxygens (including phenoxy) is 1. The maximum Gasteiger partial charge on any atom is 0.417 e. The minimum atomic E-state index is -0.546. The summed E-state index contributed by atoms with van der Waals surface area (Å²) < 4.78 is 4.65. The smallest absolute Gasteiger partial charge is 0.417 e. The molecule has 16 heavy (non-hydrogen) atoms. The van der Waals surface area contributed by atoms with Crippen molar-refractivity contribution in [3.05, 3.63) is 0 Å². The van der Waals surface area contributed by atoms with Crippen molar-refractivity contribution in [2.75, 3.05) is 13.2 Å². The van der Waals surface area contributed by atoms with Gasteiger partial charge in [0.05, 0.1) is 6.54 Å². The molecule has 2 fully saturated rings. The largest absolute Gasteiger partial charge is 0.439 e. The Hall–Kier alpha value is -0.810. The molecule has 1 saturated heterocycles. The van der Waals surface area contributed by atoms with Gasteiger partial charge in [-0.25, -0.2) is 9.69 Å². The molecule has 1 aliphatic heterocycles. The summed E-state index contributed by atoms with van der Waals surface area (Å²) in [6.07, 6.45) is 4.56. The molecule has 0 atom stereocenters.